The number of aryl methyl sites for hydroxylation is 1. The standard InChI is InChI=1S/C23H19F2N3O3/c1-13-16(7-4-8-27-13)23(30)28(11-14-5-2-3-6-17(14)22(26)29)20-12-31-21-18(20)9-15(24)10-19(21)25/h2-10,20H,11-12H2,1H3,(H2,26,29). The van der Waals surface area contributed by atoms with Crippen LogP contribution in [-0.2, 0) is 6.54 Å². The molecule has 2 aromatic carbocycles. The van der Waals surface area contributed by atoms with Crippen molar-refractivity contribution >= 4 is 11.8 Å². The fraction of sp³-hybridized carbons (Fsp3) is 0.174. The first-order valence-corrected chi connectivity index (χ1v) is 9.59. The fourth-order valence-corrected chi connectivity index (χ4v) is 3.76. The van der Waals surface area contributed by atoms with Crippen LogP contribution in [0.5, 0.6) is 5.75 Å². The molecule has 0 saturated carbocycles. The van der Waals surface area contributed by atoms with E-state index in [9.17, 15) is 18.4 Å². The molecule has 8 heteroatoms. The number of benzene rings is 2. The molecule has 1 atom stereocenters. The van der Waals surface area contributed by atoms with Crippen molar-refractivity contribution in [2.45, 2.75) is 19.5 Å². The zero-order chi connectivity index (χ0) is 22.1. The van der Waals surface area contributed by atoms with Crippen molar-refractivity contribution in [1.29, 1.82) is 0 Å². The number of fused-ring (bicyclic) bond motifs is 1. The van der Waals surface area contributed by atoms with Crippen LogP contribution in [0.2, 0.25) is 0 Å². The van der Waals surface area contributed by atoms with Gasteiger partial charge in [-0.2, -0.15) is 0 Å². The molecule has 2 heterocycles. The van der Waals surface area contributed by atoms with E-state index < -0.39 is 29.5 Å². The van der Waals surface area contributed by atoms with Crippen LogP contribution in [0.4, 0.5) is 8.78 Å². The molecule has 1 unspecified atom stereocenters. The molecule has 0 radical (unpaired) electrons. The number of halogens is 2. The zero-order valence-corrected chi connectivity index (χ0v) is 16.6. The van der Waals surface area contributed by atoms with Gasteiger partial charge >= 0.3 is 0 Å². The fourth-order valence-electron chi connectivity index (χ4n) is 3.76. The number of nitrogens with zero attached hydrogens (tertiary/aromatic N) is 2. The Hall–Kier alpha value is -3.81. The molecular formula is C23H19F2N3O3. The summed E-state index contributed by atoms with van der Waals surface area (Å²) in [6.07, 6.45) is 1.57. The second kappa shape index (κ2) is 8.14. The van der Waals surface area contributed by atoms with E-state index in [2.05, 4.69) is 4.98 Å². The maximum absolute atomic E-state index is 14.2. The number of primary amides is 1. The third-order valence-corrected chi connectivity index (χ3v) is 5.28. The number of ether oxygens (including phenoxy) is 1. The molecule has 1 aliphatic rings. The van der Waals surface area contributed by atoms with Gasteiger partial charge in [0.1, 0.15) is 12.4 Å². The lowest BCUT2D eigenvalue weighted by Crippen LogP contribution is -2.36. The molecule has 0 saturated heterocycles. The van der Waals surface area contributed by atoms with Crippen molar-refractivity contribution in [3.8, 4) is 5.75 Å². The molecule has 0 spiro atoms. The highest BCUT2D eigenvalue weighted by atomic mass is 19.1. The van der Waals surface area contributed by atoms with Crippen molar-refractivity contribution in [3.05, 3.63) is 94.3 Å². The minimum Gasteiger partial charge on any atom is -0.488 e. The highest BCUT2D eigenvalue weighted by molar-refractivity contribution is 5.97. The van der Waals surface area contributed by atoms with Crippen LogP contribution >= 0.6 is 0 Å². The third-order valence-electron chi connectivity index (χ3n) is 5.28. The summed E-state index contributed by atoms with van der Waals surface area (Å²) in [6, 6.07) is 11.0. The average molecular weight is 423 g/mol. The van der Waals surface area contributed by atoms with Gasteiger partial charge in [-0.1, -0.05) is 18.2 Å². The van der Waals surface area contributed by atoms with E-state index in [1.165, 1.54) is 4.90 Å². The number of hydrogen-bond donors (Lipinski definition) is 1. The van der Waals surface area contributed by atoms with E-state index in [0.29, 0.717) is 16.8 Å². The Morgan fingerprint density at radius 3 is 2.65 bits per heavy atom. The van der Waals surface area contributed by atoms with Crippen LogP contribution < -0.4 is 10.5 Å². The monoisotopic (exact) mass is 423 g/mol. The van der Waals surface area contributed by atoms with Crippen molar-refractivity contribution in [2.75, 3.05) is 6.61 Å². The van der Waals surface area contributed by atoms with Crippen molar-refractivity contribution < 1.29 is 23.1 Å². The lowest BCUT2D eigenvalue weighted by molar-refractivity contribution is 0.0626. The summed E-state index contributed by atoms with van der Waals surface area (Å²) >= 11 is 0. The summed E-state index contributed by atoms with van der Waals surface area (Å²) in [5.41, 5.74) is 7.33. The van der Waals surface area contributed by atoms with Crippen LogP contribution in [-0.4, -0.2) is 28.3 Å². The summed E-state index contributed by atoms with van der Waals surface area (Å²) in [7, 11) is 0. The lowest BCUT2D eigenvalue weighted by atomic mass is 10.0. The summed E-state index contributed by atoms with van der Waals surface area (Å²) in [4.78, 5) is 31.0. The highest BCUT2D eigenvalue weighted by Crippen LogP contribution is 2.40. The SMILES string of the molecule is Cc1ncccc1C(=O)N(Cc1ccccc1C(N)=O)C1COc2c(F)cc(F)cc21. The van der Waals surface area contributed by atoms with E-state index in [1.54, 1.807) is 49.5 Å². The molecule has 1 aromatic heterocycles. The van der Waals surface area contributed by atoms with Crippen LogP contribution in [0.15, 0.2) is 54.7 Å². The number of hydrogen-bond acceptors (Lipinski definition) is 4. The van der Waals surface area contributed by atoms with Gasteiger partial charge in [0.05, 0.1) is 11.6 Å². The summed E-state index contributed by atoms with van der Waals surface area (Å²) in [6.45, 7) is 1.62. The van der Waals surface area contributed by atoms with Crippen LogP contribution in [0.25, 0.3) is 0 Å². The average Bonchev–Trinajstić information content (AvgIpc) is 3.16. The second-order valence-electron chi connectivity index (χ2n) is 7.22. The quantitative estimate of drug-likeness (QED) is 0.680. The normalized spacial score (nSPS) is 14.6. The molecule has 0 bridgehead atoms. The summed E-state index contributed by atoms with van der Waals surface area (Å²) < 4.78 is 33.7. The Kier molecular flexibility index (Phi) is 5.37. The smallest absolute Gasteiger partial charge is 0.256 e. The number of amides is 2. The van der Waals surface area contributed by atoms with Crippen molar-refractivity contribution in [2.24, 2.45) is 5.73 Å². The van der Waals surface area contributed by atoms with Crippen molar-refractivity contribution in [1.82, 2.24) is 9.88 Å². The van der Waals surface area contributed by atoms with Crippen LogP contribution in [0, 0.1) is 18.6 Å². The van der Waals surface area contributed by atoms with Gasteiger partial charge in [0.25, 0.3) is 5.91 Å². The molecule has 2 amide bonds. The van der Waals surface area contributed by atoms with Gasteiger partial charge in [-0.05, 0) is 36.8 Å². The molecular weight excluding hydrogens is 404 g/mol. The zero-order valence-electron chi connectivity index (χ0n) is 16.6. The summed E-state index contributed by atoms with van der Waals surface area (Å²) in [5, 5.41) is 0. The molecule has 2 N–H and O–H groups in total. The Labute approximate surface area is 177 Å². The Bertz CT molecular complexity index is 1180. The van der Waals surface area contributed by atoms with E-state index in [0.717, 1.165) is 12.1 Å². The van der Waals surface area contributed by atoms with E-state index in [-0.39, 0.29) is 30.0 Å². The maximum atomic E-state index is 14.2. The van der Waals surface area contributed by atoms with Gasteiger partial charge in [-0.15, -0.1) is 0 Å². The van der Waals surface area contributed by atoms with E-state index >= 15 is 0 Å². The molecule has 158 valence electrons. The highest BCUT2D eigenvalue weighted by Gasteiger charge is 2.36. The first kappa shape index (κ1) is 20.5. The number of pyridine rings is 1. The van der Waals surface area contributed by atoms with Gasteiger partial charge in [-0.3, -0.25) is 14.6 Å². The maximum Gasteiger partial charge on any atom is 0.256 e. The molecule has 31 heavy (non-hydrogen) atoms. The van der Waals surface area contributed by atoms with Gasteiger partial charge in [0, 0.05) is 35.6 Å². The number of carbonyl (C=O) groups excluding carboxylic acids is 2. The molecule has 3 aromatic rings. The molecule has 0 fully saturated rings. The lowest BCUT2D eigenvalue weighted by Gasteiger charge is -2.29. The summed E-state index contributed by atoms with van der Waals surface area (Å²) in [5.74, 6) is -2.73. The molecule has 4 rings (SSSR count). The number of rotatable bonds is 5. The first-order valence-electron chi connectivity index (χ1n) is 9.59. The van der Waals surface area contributed by atoms with Gasteiger partial charge < -0.3 is 15.4 Å². The van der Waals surface area contributed by atoms with Crippen LogP contribution in [0.1, 0.15) is 43.6 Å². The van der Waals surface area contributed by atoms with Gasteiger partial charge in [-0.25, -0.2) is 8.78 Å². The second-order valence-corrected chi connectivity index (χ2v) is 7.22. The predicted molar refractivity (Wildman–Crippen MR) is 108 cm³/mol. The van der Waals surface area contributed by atoms with E-state index in [4.69, 9.17) is 10.5 Å². The largest absolute Gasteiger partial charge is 0.488 e. The number of aromatic nitrogens is 1. The van der Waals surface area contributed by atoms with Gasteiger partial charge in [0.15, 0.2) is 11.6 Å². The topological polar surface area (TPSA) is 85.5 Å². The molecule has 6 nitrogen and oxygen atoms in total. The minimum absolute atomic E-state index is 0.0160. The molecule has 0 aliphatic carbocycles. The third kappa shape index (κ3) is 3.84. The Morgan fingerprint density at radius 2 is 1.90 bits per heavy atom. The number of carbonyl (C=O) groups is 2. The van der Waals surface area contributed by atoms with Crippen LogP contribution in [0.3, 0.4) is 0 Å². The molecule has 1 aliphatic heterocycles. The minimum atomic E-state index is -0.833. The van der Waals surface area contributed by atoms with E-state index in [1.807, 2.05) is 0 Å². The number of nitrogens with two attached hydrogens (primary N) is 1. The van der Waals surface area contributed by atoms with Gasteiger partial charge in [0.2, 0.25) is 5.91 Å². The predicted octanol–water partition coefficient (Wildman–Crippen LogP) is 3.54. The Morgan fingerprint density at radius 1 is 1.16 bits per heavy atom. The van der Waals surface area contributed by atoms with Crippen molar-refractivity contribution in [3.63, 3.8) is 0 Å². The first-order chi connectivity index (χ1) is 14.9. The Balaban J connectivity index is 1.81.